The van der Waals surface area contributed by atoms with Crippen LogP contribution in [0.25, 0.3) is 6.08 Å². The molecular formula is C19H16BrClN2O2. The molecule has 0 saturated heterocycles. The van der Waals surface area contributed by atoms with E-state index in [1.54, 1.807) is 18.2 Å². The Labute approximate surface area is 160 Å². The first kappa shape index (κ1) is 19.0. The fourth-order valence-corrected chi connectivity index (χ4v) is 3.17. The van der Waals surface area contributed by atoms with Gasteiger partial charge < -0.3 is 10.1 Å². The van der Waals surface area contributed by atoms with E-state index in [9.17, 15) is 10.1 Å². The second-order valence-electron chi connectivity index (χ2n) is 5.24. The molecule has 2 aromatic carbocycles. The van der Waals surface area contributed by atoms with E-state index in [1.165, 1.54) is 6.08 Å². The number of nitriles is 1. The monoisotopic (exact) mass is 418 g/mol. The Morgan fingerprint density at radius 1 is 1.40 bits per heavy atom. The number of benzene rings is 2. The van der Waals surface area contributed by atoms with Crippen molar-refractivity contribution in [3.63, 3.8) is 0 Å². The Morgan fingerprint density at radius 2 is 2.16 bits per heavy atom. The summed E-state index contributed by atoms with van der Waals surface area (Å²) in [6.07, 6.45) is 1.48. The molecule has 25 heavy (non-hydrogen) atoms. The molecule has 0 aromatic heterocycles. The maximum Gasteiger partial charge on any atom is 0.266 e. The minimum absolute atomic E-state index is 0.0198. The topological polar surface area (TPSA) is 62.1 Å². The lowest BCUT2D eigenvalue weighted by Gasteiger charge is -2.09. The Morgan fingerprint density at radius 3 is 2.76 bits per heavy atom. The summed E-state index contributed by atoms with van der Waals surface area (Å²) in [5, 5.41) is 12.4. The number of nitrogens with one attached hydrogen (secondary N) is 1. The Hall–Kier alpha value is -2.29. The lowest BCUT2D eigenvalue weighted by Crippen LogP contribution is -2.13. The summed E-state index contributed by atoms with van der Waals surface area (Å²) in [6, 6.07) is 12.7. The van der Waals surface area contributed by atoms with E-state index in [0.717, 1.165) is 5.56 Å². The van der Waals surface area contributed by atoms with Crippen LogP contribution in [0.2, 0.25) is 5.02 Å². The molecule has 128 valence electrons. The molecule has 0 atom stereocenters. The van der Waals surface area contributed by atoms with Crippen LogP contribution in [-0.4, -0.2) is 12.5 Å². The van der Waals surface area contributed by atoms with Crippen LogP contribution < -0.4 is 10.1 Å². The third-order valence-corrected chi connectivity index (χ3v) is 4.13. The van der Waals surface area contributed by atoms with Crippen molar-refractivity contribution in [1.82, 2.24) is 0 Å². The number of ether oxygens (including phenoxy) is 1. The van der Waals surface area contributed by atoms with Crippen LogP contribution in [0.4, 0.5) is 5.69 Å². The molecule has 4 nitrogen and oxygen atoms in total. The molecule has 2 rings (SSSR count). The molecule has 6 heteroatoms. The number of rotatable bonds is 5. The molecule has 0 saturated carbocycles. The molecule has 0 fully saturated rings. The number of carbonyl (C=O) groups excluding carboxylic acids is 1. The van der Waals surface area contributed by atoms with Gasteiger partial charge in [-0.1, -0.05) is 23.7 Å². The van der Waals surface area contributed by atoms with Crippen LogP contribution in [0.5, 0.6) is 5.75 Å². The summed E-state index contributed by atoms with van der Waals surface area (Å²) >= 11 is 9.59. The molecule has 1 amide bonds. The van der Waals surface area contributed by atoms with Gasteiger partial charge in [-0.05, 0) is 71.2 Å². The molecule has 0 radical (unpaired) electrons. The van der Waals surface area contributed by atoms with Crippen molar-refractivity contribution in [3.8, 4) is 11.8 Å². The van der Waals surface area contributed by atoms with Crippen molar-refractivity contribution >= 4 is 45.2 Å². The molecule has 0 heterocycles. The van der Waals surface area contributed by atoms with E-state index < -0.39 is 5.91 Å². The lowest BCUT2D eigenvalue weighted by molar-refractivity contribution is -0.112. The molecule has 2 aromatic rings. The van der Waals surface area contributed by atoms with Gasteiger partial charge in [0.25, 0.3) is 5.91 Å². The van der Waals surface area contributed by atoms with E-state index in [2.05, 4.69) is 21.2 Å². The summed E-state index contributed by atoms with van der Waals surface area (Å²) in [5.74, 6) is 0.0540. The van der Waals surface area contributed by atoms with E-state index in [4.69, 9.17) is 16.3 Å². The Balaban J connectivity index is 2.28. The standard InChI is InChI=1S/C19H16BrClN2O2/c1-3-25-18-16(20)9-13(10-17(18)21)8-14(11-22)19(24)23-15-6-4-5-12(2)7-15/h4-10H,3H2,1-2H3,(H,23,24)/b14-8-. The zero-order valence-electron chi connectivity index (χ0n) is 13.8. The maximum atomic E-state index is 12.3. The minimum Gasteiger partial charge on any atom is -0.491 e. The third-order valence-electron chi connectivity index (χ3n) is 3.26. The van der Waals surface area contributed by atoms with Crippen LogP contribution in [0.3, 0.4) is 0 Å². The highest BCUT2D eigenvalue weighted by Gasteiger charge is 2.12. The number of amides is 1. The van der Waals surface area contributed by atoms with E-state index in [0.29, 0.717) is 33.1 Å². The summed E-state index contributed by atoms with van der Waals surface area (Å²) in [6.45, 7) is 4.27. The van der Waals surface area contributed by atoms with Crippen LogP contribution in [-0.2, 0) is 4.79 Å². The summed E-state index contributed by atoms with van der Waals surface area (Å²) < 4.78 is 6.10. The predicted molar refractivity (Wildman–Crippen MR) is 104 cm³/mol. The average molecular weight is 420 g/mol. The summed E-state index contributed by atoms with van der Waals surface area (Å²) in [5.41, 5.74) is 2.25. The number of hydrogen-bond acceptors (Lipinski definition) is 3. The van der Waals surface area contributed by atoms with Crippen molar-refractivity contribution in [2.24, 2.45) is 0 Å². The van der Waals surface area contributed by atoms with E-state index in [-0.39, 0.29) is 5.57 Å². The first-order chi connectivity index (χ1) is 11.9. The fourth-order valence-electron chi connectivity index (χ4n) is 2.18. The zero-order chi connectivity index (χ0) is 18.4. The van der Waals surface area contributed by atoms with Gasteiger partial charge in [0.15, 0.2) is 5.75 Å². The van der Waals surface area contributed by atoms with Gasteiger partial charge in [-0.15, -0.1) is 0 Å². The van der Waals surface area contributed by atoms with Crippen LogP contribution in [0.15, 0.2) is 46.4 Å². The van der Waals surface area contributed by atoms with Crippen molar-refractivity contribution in [3.05, 3.63) is 62.6 Å². The van der Waals surface area contributed by atoms with Gasteiger partial charge in [0, 0.05) is 5.69 Å². The van der Waals surface area contributed by atoms with Crippen molar-refractivity contribution in [2.45, 2.75) is 13.8 Å². The number of halogens is 2. The Kier molecular flexibility index (Phi) is 6.63. The van der Waals surface area contributed by atoms with Gasteiger partial charge in [-0.3, -0.25) is 4.79 Å². The summed E-state index contributed by atoms with van der Waals surface area (Å²) in [7, 11) is 0. The number of anilines is 1. The largest absolute Gasteiger partial charge is 0.491 e. The Bertz CT molecular complexity index is 849. The molecule has 0 unspecified atom stereocenters. The normalized spacial score (nSPS) is 10.9. The van der Waals surface area contributed by atoms with Crippen LogP contribution in [0.1, 0.15) is 18.1 Å². The van der Waals surface area contributed by atoms with Crippen molar-refractivity contribution < 1.29 is 9.53 Å². The second-order valence-corrected chi connectivity index (χ2v) is 6.50. The van der Waals surface area contributed by atoms with Crippen LogP contribution in [0, 0.1) is 18.3 Å². The van der Waals surface area contributed by atoms with Crippen molar-refractivity contribution in [1.29, 1.82) is 5.26 Å². The molecule has 0 bridgehead atoms. The quantitative estimate of drug-likeness (QED) is 0.524. The minimum atomic E-state index is -0.478. The number of nitrogens with zero attached hydrogens (tertiary/aromatic N) is 1. The summed E-state index contributed by atoms with van der Waals surface area (Å²) in [4.78, 5) is 12.3. The van der Waals surface area contributed by atoms with Crippen LogP contribution >= 0.6 is 27.5 Å². The zero-order valence-corrected chi connectivity index (χ0v) is 16.1. The molecule has 0 spiro atoms. The van der Waals surface area contributed by atoms with E-state index >= 15 is 0 Å². The molecule has 1 N–H and O–H groups in total. The lowest BCUT2D eigenvalue weighted by atomic mass is 10.1. The van der Waals surface area contributed by atoms with Gasteiger partial charge in [0.1, 0.15) is 11.6 Å². The molecule has 0 aliphatic heterocycles. The fraction of sp³-hybridized carbons (Fsp3) is 0.158. The maximum absolute atomic E-state index is 12.3. The third kappa shape index (κ3) is 5.09. The molecule has 0 aliphatic carbocycles. The number of hydrogen-bond donors (Lipinski definition) is 1. The van der Waals surface area contributed by atoms with Gasteiger partial charge >= 0.3 is 0 Å². The van der Waals surface area contributed by atoms with Gasteiger partial charge in [-0.2, -0.15) is 5.26 Å². The first-order valence-corrected chi connectivity index (χ1v) is 8.73. The second kappa shape index (κ2) is 8.70. The van der Waals surface area contributed by atoms with E-state index in [1.807, 2.05) is 38.1 Å². The highest BCUT2D eigenvalue weighted by molar-refractivity contribution is 9.10. The molecular weight excluding hydrogens is 404 g/mol. The molecule has 0 aliphatic rings. The number of carbonyl (C=O) groups is 1. The predicted octanol–water partition coefficient (Wildman–Crippen LogP) is 5.36. The highest BCUT2D eigenvalue weighted by atomic mass is 79.9. The highest BCUT2D eigenvalue weighted by Crippen LogP contribution is 2.35. The van der Waals surface area contributed by atoms with Gasteiger partial charge in [-0.25, -0.2) is 0 Å². The first-order valence-electron chi connectivity index (χ1n) is 7.56. The van der Waals surface area contributed by atoms with Gasteiger partial charge in [0.05, 0.1) is 16.1 Å². The van der Waals surface area contributed by atoms with Crippen molar-refractivity contribution in [2.75, 3.05) is 11.9 Å². The van der Waals surface area contributed by atoms with Gasteiger partial charge in [0.2, 0.25) is 0 Å². The SMILES string of the molecule is CCOc1c(Cl)cc(/C=C(/C#N)C(=O)Nc2cccc(C)c2)cc1Br. The smallest absolute Gasteiger partial charge is 0.266 e. The average Bonchev–Trinajstić information content (AvgIpc) is 2.56. The number of aryl methyl sites for hydroxylation is 1.